The van der Waals surface area contributed by atoms with Crippen LogP contribution < -0.4 is 0 Å². The predicted molar refractivity (Wildman–Crippen MR) is 321 cm³/mol. The highest BCUT2D eigenvalue weighted by Crippen LogP contribution is 2.70. The van der Waals surface area contributed by atoms with Crippen LogP contribution in [-0.4, -0.2) is 114 Å². The molecule has 13 nitrogen and oxygen atoms in total. The van der Waals surface area contributed by atoms with Gasteiger partial charge in [0.2, 0.25) is 5.78 Å². The first-order valence-corrected chi connectivity index (χ1v) is 32.8. The minimum atomic E-state index is -2.13. The first-order valence-electron chi connectivity index (χ1n) is 32.8. The molecule has 14 heteroatoms. The number of hydrogen-bond acceptors (Lipinski definition) is 13. The monoisotopic (exact) mass is 1150 g/mol. The lowest BCUT2D eigenvalue weighted by molar-refractivity contribution is -0.220. The van der Waals surface area contributed by atoms with E-state index in [4.69, 9.17) is 18.9 Å². The fourth-order valence-electron chi connectivity index (χ4n) is 14.1. The number of unbranched alkanes of at least 4 members (excludes halogenated alkanes) is 22. The van der Waals surface area contributed by atoms with Crippen LogP contribution in [0.15, 0.2) is 36.0 Å². The van der Waals surface area contributed by atoms with Gasteiger partial charge in [0.15, 0.2) is 18.1 Å². The summed E-state index contributed by atoms with van der Waals surface area (Å²) in [7, 11) is 1.52. The molecule has 82 heavy (non-hydrogen) atoms. The number of rotatable bonds is 44. The molecule has 3 fully saturated rings. The second kappa shape index (κ2) is 37.0. The van der Waals surface area contributed by atoms with E-state index in [0.29, 0.717) is 37.7 Å². The molecule has 2 N–H and O–H groups in total. The summed E-state index contributed by atoms with van der Waals surface area (Å²) in [6, 6.07) is 0. The van der Waals surface area contributed by atoms with Crippen LogP contribution in [0.5, 0.6) is 0 Å². The summed E-state index contributed by atoms with van der Waals surface area (Å²) in [6.07, 6.45) is 39.5. The fraction of sp³-hybridized carbons (Fsp3) is 0.824. The van der Waals surface area contributed by atoms with Crippen LogP contribution in [0.1, 0.15) is 260 Å². The molecule has 4 aliphatic rings. The van der Waals surface area contributed by atoms with Crippen LogP contribution in [0.3, 0.4) is 0 Å². The molecule has 0 aromatic carbocycles. The number of ether oxygens (including phenoxy) is 4. The molecule has 1 unspecified atom stereocenters. The van der Waals surface area contributed by atoms with Gasteiger partial charge in [-0.25, -0.2) is 4.39 Å². The second-order valence-electron chi connectivity index (χ2n) is 26.1. The van der Waals surface area contributed by atoms with Crippen molar-refractivity contribution in [3.05, 3.63) is 36.0 Å². The van der Waals surface area contributed by atoms with E-state index in [9.17, 15) is 39.0 Å². The molecular formula is C68H112FNO12. The molecular weight excluding hydrogens is 1040 g/mol. The van der Waals surface area contributed by atoms with E-state index in [0.717, 1.165) is 70.1 Å². The summed E-state index contributed by atoms with van der Waals surface area (Å²) in [4.78, 5) is 79.6. The molecule has 0 aromatic heterocycles. The Morgan fingerprint density at radius 2 is 1.20 bits per heavy atom. The molecule has 0 saturated heterocycles. The normalized spacial score (nSPS) is 26.1. The average Bonchev–Trinajstić information content (AvgIpc) is 1.37. The molecule has 0 bridgehead atoms. The van der Waals surface area contributed by atoms with Gasteiger partial charge in [0.1, 0.15) is 11.7 Å². The molecule has 0 heterocycles. The number of esters is 4. The van der Waals surface area contributed by atoms with Crippen LogP contribution in [0, 0.1) is 34.5 Å². The van der Waals surface area contributed by atoms with Gasteiger partial charge in [0, 0.05) is 42.4 Å². The second-order valence-corrected chi connectivity index (χ2v) is 26.1. The van der Waals surface area contributed by atoms with E-state index >= 15 is 4.39 Å². The number of halogens is 1. The van der Waals surface area contributed by atoms with Gasteiger partial charge < -0.3 is 29.2 Å². The van der Waals surface area contributed by atoms with E-state index in [-0.39, 0.29) is 63.3 Å². The lowest BCUT2D eigenvalue weighted by atomic mass is 9.44. The van der Waals surface area contributed by atoms with Gasteiger partial charge in [-0.05, 0) is 108 Å². The Labute approximate surface area is 494 Å². The molecule has 0 aliphatic heterocycles. The van der Waals surface area contributed by atoms with E-state index in [1.54, 1.807) is 26.8 Å². The molecule has 4 aliphatic carbocycles. The van der Waals surface area contributed by atoms with Crippen molar-refractivity contribution in [3.63, 3.8) is 0 Å². The Kier molecular flexibility index (Phi) is 31.9. The van der Waals surface area contributed by atoms with Crippen molar-refractivity contribution in [1.29, 1.82) is 0 Å². The van der Waals surface area contributed by atoms with Crippen LogP contribution in [0.4, 0.5) is 4.39 Å². The minimum Gasteiger partial charge on any atom is -0.466 e. The van der Waals surface area contributed by atoms with Crippen molar-refractivity contribution in [1.82, 2.24) is 4.90 Å². The van der Waals surface area contributed by atoms with Crippen LogP contribution in [0.25, 0.3) is 0 Å². The maximum absolute atomic E-state index is 17.6. The summed E-state index contributed by atoms with van der Waals surface area (Å²) < 4.78 is 40.0. The van der Waals surface area contributed by atoms with Crippen molar-refractivity contribution in [2.45, 2.75) is 283 Å². The summed E-state index contributed by atoms with van der Waals surface area (Å²) >= 11 is 0. The van der Waals surface area contributed by atoms with Gasteiger partial charge in [0.05, 0.1) is 32.4 Å². The molecule has 0 amide bonds. The van der Waals surface area contributed by atoms with Crippen molar-refractivity contribution < 1.29 is 62.3 Å². The number of alkyl halides is 1. The SMILES string of the molecule is CCCCCCCC/C=C/CCCCCCCC(=O)OCCC(CCOC(=O)CCCCCCCCCCCCCCC(C)C)OC(=O)CN(C)CC(=O)OCC(=O)[C@@]1(O)[C@H](C)C[C@H]2[C@@H]3CCC4=CC(=O)C=C[C@]4(C)[C@@]3(F)[C@@H](O)C[C@@]21C. The third-order valence-electron chi connectivity index (χ3n) is 19.1. The Morgan fingerprint density at radius 1 is 0.695 bits per heavy atom. The van der Waals surface area contributed by atoms with Crippen LogP contribution in [0.2, 0.25) is 0 Å². The molecule has 0 radical (unpaired) electrons. The van der Waals surface area contributed by atoms with Gasteiger partial charge in [-0.2, -0.15) is 0 Å². The minimum absolute atomic E-state index is 0.0145. The van der Waals surface area contributed by atoms with Crippen LogP contribution >= 0.6 is 0 Å². The Morgan fingerprint density at radius 3 is 1.73 bits per heavy atom. The largest absolute Gasteiger partial charge is 0.466 e. The molecule has 9 atom stereocenters. The standard InChI is InChI=1S/C68H112FNO12/c1-8-9-10-11-12-13-14-15-16-17-21-24-27-30-33-36-61(74)79-44-41-56(42-45-80-62(75)37-34-31-28-25-22-19-18-20-23-26-29-32-35-52(2)3)82-64(77)50-70(7)49-63(76)81-51-60(73)68(78)53(4)46-58-57-39-38-54-47-55(71)40-43-65(54,5)67(57,69)59(72)48-66(58,68)6/h15-16,40,43,47,52-53,56-59,72,78H,8-14,17-39,41-42,44-46,48-51H2,1-7H3/b16-15+/t53-,56?,57+,58+,59+,65+,66+,67+,68+/m1/s1. The number of Topliss-reactive ketones (excluding diaryl/α,β-unsaturated/α-hetero) is 1. The highest BCUT2D eigenvalue weighted by Gasteiger charge is 2.75. The Bertz CT molecular complexity index is 2050. The van der Waals surface area contributed by atoms with Crippen molar-refractivity contribution in [2.24, 2.45) is 34.5 Å². The molecule has 468 valence electrons. The number of likely N-dealkylation sites (N-methyl/N-ethyl adjacent to an activating group) is 1. The van der Waals surface area contributed by atoms with Crippen molar-refractivity contribution in [3.8, 4) is 0 Å². The number of allylic oxidation sites excluding steroid dienone is 6. The molecule has 0 aromatic rings. The lowest BCUT2D eigenvalue weighted by Gasteiger charge is -2.62. The Hall–Kier alpha value is -3.75. The number of ketones is 2. The lowest BCUT2D eigenvalue weighted by Crippen LogP contribution is -2.69. The maximum atomic E-state index is 17.6. The van der Waals surface area contributed by atoms with E-state index in [1.807, 2.05) is 0 Å². The number of aliphatic hydroxyl groups excluding tert-OH is 1. The molecule has 0 spiro atoms. The zero-order chi connectivity index (χ0) is 60.0. The smallest absolute Gasteiger partial charge is 0.320 e. The third kappa shape index (κ3) is 21.6. The van der Waals surface area contributed by atoms with E-state index in [1.165, 1.54) is 127 Å². The molecule has 3 saturated carbocycles. The highest BCUT2D eigenvalue weighted by atomic mass is 19.1. The van der Waals surface area contributed by atoms with Gasteiger partial charge in [-0.3, -0.25) is 33.7 Å². The number of carbonyl (C=O) groups is 6. The summed E-state index contributed by atoms with van der Waals surface area (Å²) in [5, 5.41) is 24.1. The molecule has 4 rings (SSSR count). The van der Waals surface area contributed by atoms with E-state index < -0.39 is 76.4 Å². The summed E-state index contributed by atoms with van der Waals surface area (Å²) in [6.45, 7) is 10.6. The summed E-state index contributed by atoms with van der Waals surface area (Å²) in [5.74, 6) is -4.09. The quantitative estimate of drug-likeness (QED) is 0.0255. The summed E-state index contributed by atoms with van der Waals surface area (Å²) in [5.41, 5.74) is -5.97. The zero-order valence-electron chi connectivity index (χ0n) is 52.2. The zero-order valence-corrected chi connectivity index (χ0v) is 52.2. The first-order chi connectivity index (χ1) is 39.2. The number of fused-ring (bicyclic) bond motifs is 5. The van der Waals surface area contributed by atoms with Crippen LogP contribution in [-0.2, 0) is 47.7 Å². The van der Waals surface area contributed by atoms with Gasteiger partial charge in [0.25, 0.3) is 0 Å². The topological polar surface area (TPSA) is 183 Å². The van der Waals surface area contributed by atoms with Gasteiger partial charge in [-0.1, -0.05) is 187 Å². The van der Waals surface area contributed by atoms with E-state index in [2.05, 4.69) is 32.9 Å². The van der Waals surface area contributed by atoms with Crippen molar-refractivity contribution >= 4 is 35.4 Å². The predicted octanol–water partition coefficient (Wildman–Crippen LogP) is 14.3. The average molecular weight is 1150 g/mol. The number of aliphatic hydroxyl groups is 2. The van der Waals surface area contributed by atoms with Gasteiger partial charge in [-0.15, -0.1) is 0 Å². The first kappa shape index (κ1) is 70.7. The fourth-order valence-corrected chi connectivity index (χ4v) is 14.1. The van der Waals surface area contributed by atoms with Gasteiger partial charge >= 0.3 is 23.9 Å². The number of nitrogens with zero attached hydrogens (tertiary/aromatic N) is 1. The number of carbonyl (C=O) groups excluding carboxylic acids is 6. The maximum Gasteiger partial charge on any atom is 0.320 e. The highest BCUT2D eigenvalue weighted by molar-refractivity contribution is 6.01. The van der Waals surface area contributed by atoms with Crippen molar-refractivity contribution in [2.75, 3.05) is 40.0 Å². The Balaban J connectivity index is 1.19. The third-order valence-corrected chi connectivity index (χ3v) is 19.1. The number of hydrogen-bond donors (Lipinski definition) is 2.